The molecule has 4 nitrogen and oxygen atoms in total. The second-order valence-corrected chi connectivity index (χ2v) is 4.68. The molecule has 0 saturated heterocycles. The molecule has 0 atom stereocenters. The molecular weight excluding hydrogens is 202 g/mol. The first-order valence-corrected chi connectivity index (χ1v) is 5.79. The summed E-state index contributed by atoms with van der Waals surface area (Å²) >= 11 is 0. The first kappa shape index (κ1) is 14.9. The van der Waals surface area contributed by atoms with Gasteiger partial charge in [0.05, 0.1) is 18.0 Å². The molecule has 0 aromatic heterocycles. The number of hydrogen-bond donors (Lipinski definition) is 1. The van der Waals surface area contributed by atoms with Gasteiger partial charge in [-0.2, -0.15) is 5.26 Å². The van der Waals surface area contributed by atoms with E-state index >= 15 is 0 Å². The summed E-state index contributed by atoms with van der Waals surface area (Å²) in [6, 6.07) is 2.27. The third kappa shape index (κ3) is 6.41. The van der Waals surface area contributed by atoms with E-state index in [1.54, 1.807) is 11.9 Å². The van der Waals surface area contributed by atoms with E-state index in [4.69, 9.17) is 5.26 Å². The van der Waals surface area contributed by atoms with Crippen LogP contribution in [0.3, 0.4) is 0 Å². The summed E-state index contributed by atoms with van der Waals surface area (Å²) < 4.78 is 0. The second-order valence-electron chi connectivity index (χ2n) is 4.68. The van der Waals surface area contributed by atoms with E-state index in [9.17, 15) is 4.79 Å². The summed E-state index contributed by atoms with van der Waals surface area (Å²) in [6.07, 6.45) is 1.78. The number of hydrogen-bond acceptors (Lipinski definition) is 3. The number of rotatable bonds is 7. The Balaban J connectivity index is 3.56. The Morgan fingerprint density at radius 2 is 2.12 bits per heavy atom. The van der Waals surface area contributed by atoms with Crippen molar-refractivity contribution in [3.8, 4) is 6.07 Å². The molecular formula is C12H23N3O. The first-order chi connectivity index (χ1) is 7.43. The number of likely N-dealkylation sites (N-methyl/N-ethyl adjacent to an activating group) is 1. The Hall–Kier alpha value is -1.08. The van der Waals surface area contributed by atoms with Gasteiger partial charge in [0.15, 0.2) is 0 Å². The molecule has 0 saturated carbocycles. The van der Waals surface area contributed by atoms with Crippen LogP contribution in [0.4, 0.5) is 0 Å². The smallest absolute Gasteiger partial charge is 0.236 e. The van der Waals surface area contributed by atoms with Gasteiger partial charge in [0.25, 0.3) is 0 Å². The first-order valence-electron chi connectivity index (χ1n) is 5.79. The van der Waals surface area contributed by atoms with Gasteiger partial charge in [-0.05, 0) is 40.2 Å². The van der Waals surface area contributed by atoms with Crippen molar-refractivity contribution in [2.45, 2.75) is 33.6 Å². The maximum Gasteiger partial charge on any atom is 0.236 e. The molecule has 0 heterocycles. The predicted octanol–water partition coefficient (Wildman–Crippen LogP) is 1.38. The van der Waals surface area contributed by atoms with E-state index in [0.717, 1.165) is 25.9 Å². The number of nitrogens with zero attached hydrogens (tertiary/aromatic N) is 2. The average molecular weight is 225 g/mol. The van der Waals surface area contributed by atoms with Crippen molar-refractivity contribution in [3.05, 3.63) is 0 Å². The van der Waals surface area contributed by atoms with Crippen molar-refractivity contribution >= 4 is 5.91 Å². The molecule has 0 spiro atoms. The number of carbonyl (C=O) groups is 1. The zero-order valence-corrected chi connectivity index (χ0v) is 10.8. The van der Waals surface area contributed by atoms with Gasteiger partial charge >= 0.3 is 0 Å². The van der Waals surface area contributed by atoms with Crippen LogP contribution >= 0.6 is 0 Å². The molecule has 0 aromatic rings. The second kappa shape index (κ2) is 7.24. The molecule has 16 heavy (non-hydrogen) atoms. The molecule has 0 aliphatic rings. The predicted molar refractivity (Wildman–Crippen MR) is 64.8 cm³/mol. The average Bonchev–Trinajstić information content (AvgIpc) is 2.27. The van der Waals surface area contributed by atoms with Crippen LogP contribution in [0.2, 0.25) is 0 Å². The lowest BCUT2D eigenvalue weighted by Crippen LogP contribution is -2.35. The fourth-order valence-corrected chi connectivity index (χ4v) is 1.22. The number of nitrogens with one attached hydrogen (secondary N) is 1. The van der Waals surface area contributed by atoms with Gasteiger partial charge in [-0.25, -0.2) is 0 Å². The lowest BCUT2D eigenvalue weighted by atomic mass is 9.90. The monoisotopic (exact) mass is 225 g/mol. The van der Waals surface area contributed by atoms with Gasteiger partial charge in [0, 0.05) is 13.6 Å². The fraction of sp³-hybridized carbons (Fsp3) is 0.833. The van der Waals surface area contributed by atoms with Crippen LogP contribution in [0.15, 0.2) is 0 Å². The highest BCUT2D eigenvalue weighted by atomic mass is 16.2. The Bertz CT molecular complexity index is 255. The normalized spacial score (nSPS) is 10.9. The molecule has 0 fully saturated rings. The number of nitriles is 1. The highest BCUT2D eigenvalue weighted by Crippen LogP contribution is 2.19. The molecule has 1 amide bonds. The van der Waals surface area contributed by atoms with Crippen LogP contribution in [0, 0.1) is 16.7 Å². The van der Waals surface area contributed by atoms with Gasteiger partial charge in [0.1, 0.15) is 0 Å². The minimum Gasteiger partial charge on any atom is -0.345 e. The highest BCUT2D eigenvalue weighted by Gasteiger charge is 2.15. The summed E-state index contributed by atoms with van der Waals surface area (Å²) in [4.78, 5) is 13.1. The minimum atomic E-state index is -0.258. The maximum atomic E-state index is 11.4. The van der Waals surface area contributed by atoms with Gasteiger partial charge in [0.2, 0.25) is 5.91 Å². The van der Waals surface area contributed by atoms with Crippen molar-refractivity contribution in [3.63, 3.8) is 0 Å². The molecule has 1 N–H and O–H groups in total. The highest BCUT2D eigenvalue weighted by molar-refractivity contribution is 5.77. The lowest BCUT2D eigenvalue weighted by molar-refractivity contribution is -0.128. The van der Waals surface area contributed by atoms with Crippen LogP contribution < -0.4 is 5.32 Å². The van der Waals surface area contributed by atoms with Crippen molar-refractivity contribution < 1.29 is 4.79 Å². The van der Waals surface area contributed by atoms with E-state index in [1.807, 2.05) is 20.8 Å². The summed E-state index contributed by atoms with van der Waals surface area (Å²) in [5.41, 5.74) is -0.258. The molecule has 92 valence electrons. The Morgan fingerprint density at radius 3 is 2.62 bits per heavy atom. The van der Waals surface area contributed by atoms with E-state index < -0.39 is 0 Å². The van der Waals surface area contributed by atoms with Crippen molar-refractivity contribution in [2.24, 2.45) is 5.41 Å². The van der Waals surface area contributed by atoms with Crippen molar-refractivity contribution in [1.82, 2.24) is 10.2 Å². The molecule has 0 aromatic carbocycles. The van der Waals surface area contributed by atoms with Crippen LogP contribution in [-0.4, -0.2) is 37.5 Å². The molecule has 4 heteroatoms. The fourth-order valence-electron chi connectivity index (χ4n) is 1.22. The van der Waals surface area contributed by atoms with Crippen LogP contribution in [0.25, 0.3) is 0 Å². The summed E-state index contributed by atoms with van der Waals surface area (Å²) in [5.74, 6) is 0.113. The maximum absolute atomic E-state index is 11.4. The molecule has 0 aliphatic carbocycles. The van der Waals surface area contributed by atoms with Gasteiger partial charge < -0.3 is 10.2 Å². The van der Waals surface area contributed by atoms with Crippen molar-refractivity contribution in [2.75, 3.05) is 26.7 Å². The molecule has 0 bridgehead atoms. The topological polar surface area (TPSA) is 56.1 Å². The standard InChI is InChI=1S/C12H23N3O/c1-5-15(4)11(16)9-14-8-6-7-12(2,3)10-13/h14H,5-9H2,1-4H3. The van der Waals surface area contributed by atoms with Crippen LogP contribution in [0.5, 0.6) is 0 Å². The third-order valence-corrected chi connectivity index (χ3v) is 2.63. The quantitative estimate of drug-likeness (QED) is 0.666. The van der Waals surface area contributed by atoms with E-state index in [0.29, 0.717) is 6.54 Å². The molecule has 0 aliphatic heterocycles. The SMILES string of the molecule is CCN(C)C(=O)CNCCCC(C)(C)C#N. The van der Waals surface area contributed by atoms with Crippen molar-refractivity contribution in [1.29, 1.82) is 5.26 Å². The largest absolute Gasteiger partial charge is 0.345 e. The zero-order valence-electron chi connectivity index (χ0n) is 10.8. The number of amides is 1. The Kier molecular flexibility index (Phi) is 6.75. The minimum absolute atomic E-state index is 0.113. The van der Waals surface area contributed by atoms with Crippen LogP contribution in [-0.2, 0) is 4.79 Å². The summed E-state index contributed by atoms with van der Waals surface area (Å²) in [6.45, 7) is 7.73. The van der Waals surface area contributed by atoms with E-state index in [-0.39, 0.29) is 11.3 Å². The van der Waals surface area contributed by atoms with E-state index in [2.05, 4.69) is 11.4 Å². The Morgan fingerprint density at radius 1 is 1.50 bits per heavy atom. The number of carbonyl (C=O) groups excluding carboxylic acids is 1. The van der Waals surface area contributed by atoms with Gasteiger partial charge in [-0.15, -0.1) is 0 Å². The lowest BCUT2D eigenvalue weighted by Gasteiger charge is -2.16. The summed E-state index contributed by atoms with van der Waals surface area (Å²) in [5, 5.41) is 11.9. The van der Waals surface area contributed by atoms with E-state index in [1.165, 1.54) is 0 Å². The summed E-state index contributed by atoms with van der Waals surface area (Å²) in [7, 11) is 1.79. The van der Waals surface area contributed by atoms with Gasteiger partial charge in [-0.1, -0.05) is 0 Å². The molecule has 0 rings (SSSR count). The Labute approximate surface area is 98.6 Å². The van der Waals surface area contributed by atoms with Crippen LogP contribution in [0.1, 0.15) is 33.6 Å². The van der Waals surface area contributed by atoms with Gasteiger partial charge in [-0.3, -0.25) is 4.79 Å². The third-order valence-electron chi connectivity index (χ3n) is 2.63. The molecule has 0 unspecified atom stereocenters. The molecule has 0 radical (unpaired) electrons. The zero-order chi connectivity index (χ0) is 12.6.